The van der Waals surface area contributed by atoms with Crippen LogP contribution in [0.4, 0.5) is 15.1 Å². The van der Waals surface area contributed by atoms with Gasteiger partial charge in [-0.15, -0.1) is 0 Å². The third kappa shape index (κ3) is 7.88. The van der Waals surface area contributed by atoms with Crippen LogP contribution in [0.5, 0.6) is 0 Å². The molecular formula is C23H28FN5O6. The largest absolute Gasteiger partial charge is 0.466 e. The van der Waals surface area contributed by atoms with Crippen molar-refractivity contribution >= 4 is 23.7 Å². The van der Waals surface area contributed by atoms with Crippen LogP contribution < -0.4 is 10.4 Å². The number of hydroxylamine groups is 1. The van der Waals surface area contributed by atoms with E-state index in [9.17, 15) is 14.0 Å². The van der Waals surface area contributed by atoms with Crippen LogP contribution in [0.25, 0.3) is 11.1 Å². The maximum absolute atomic E-state index is 14.8. The predicted octanol–water partition coefficient (Wildman–Crippen LogP) is 3.30. The number of aromatic nitrogens is 2. The van der Waals surface area contributed by atoms with Crippen molar-refractivity contribution in [2.45, 2.75) is 39.2 Å². The molecule has 188 valence electrons. The van der Waals surface area contributed by atoms with Crippen LogP contribution in [0.15, 0.2) is 35.7 Å². The molecule has 1 saturated heterocycles. The molecule has 1 aliphatic heterocycles. The minimum atomic E-state index is -1.36. The summed E-state index contributed by atoms with van der Waals surface area (Å²) in [5.74, 6) is -0.230. The second-order valence-electron chi connectivity index (χ2n) is 7.63. The van der Waals surface area contributed by atoms with Gasteiger partial charge < -0.3 is 19.6 Å². The highest BCUT2D eigenvalue weighted by molar-refractivity contribution is 5.86. The summed E-state index contributed by atoms with van der Waals surface area (Å²) in [6.45, 7) is 3.59. The Labute approximate surface area is 201 Å². The molecule has 0 atom stereocenters. The second kappa shape index (κ2) is 13.2. The molecule has 0 radical (unpaired) electrons. The number of hydrogen-bond acceptors (Lipinski definition) is 9. The van der Waals surface area contributed by atoms with E-state index in [1.54, 1.807) is 36.9 Å². The molecule has 2 heterocycles. The molecule has 1 amide bonds. The van der Waals surface area contributed by atoms with Gasteiger partial charge in [-0.05, 0) is 13.3 Å². The van der Waals surface area contributed by atoms with Crippen molar-refractivity contribution in [2.75, 3.05) is 31.2 Å². The van der Waals surface area contributed by atoms with E-state index in [0.29, 0.717) is 69.1 Å². The van der Waals surface area contributed by atoms with Crippen molar-refractivity contribution in [2.24, 2.45) is 5.16 Å². The average molecular weight is 490 g/mol. The fourth-order valence-electron chi connectivity index (χ4n) is 3.42. The van der Waals surface area contributed by atoms with Crippen LogP contribution in [0.3, 0.4) is 0 Å². The number of nitrogens with one attached hydrogen (secondary N) is 1. The van der Waals surface area contributed by atoms with Crippen LogP contribution in [0.1, 0.15) is 38.2 Å². The Kier molecular flexibility index (Phi) is 9.72. The molecule has 3 rings (SSSR count). The summed E-state index contributed by atoms with van der Waals surface area (Å²) in [7, 11) is 0. The third-order valence-corrected chi connectivity index (χ3v) is 5.15. The molecule has 2 N–H and O–H groups in total. The number of nitrogens with zero attached hydrogens (tertiary/aromatic N) is 4. The van der Waals surface area contributed by atoms with Crippen molar-refractivity contribution in [1.29, 1.82) is 0 Å². The van der Waals surface area contributed by atoms with E-state index in [-0.39, 0.29) is 18.1 Å². The summed E-state index contributed by atoms with van der Waals surface area (Å²) in [6.07, 6.45) is 4.00. The van der Waals surface area contributed by atoms with Gasteiger partial charge in [-0.2, -0.15) is 5.48 Å². The Hall–Kier alpha value is -3.80. The van der Waals surface area contributed by atoms with Crippen molar-refractivity contribution in [3.63, 3.8) is 0 Å². The summed E-state index contributed by atoms with van der Waals surface area (Å²) in [6, 6.07) is 4.75. The number of amides is 1. The normalized spacial score (nSPS) is 13.3. The van der Waals surface area contributed by atoms with E-state index < -0.39 is 11.9 Å². The minimum absolute atomic E-state index is 0.200. The molecule has 35 heavy (non-hydrogen) atoms. The number of piperidine rings is 1. The molecule has 0 bridgehead atoms. The highest BCUT2D eigenvalue weighted by Crippen LogP contribution is 2.25. The zero-order valence-electron chi connectivity index (χ0n) is 19.4. The highest BCUT2D eigenvalue weighted by Gasteiger charge is 2.19. The molecule has 1 fully saturated rings. The van der Waals surface area contributed by atoms with Gasteiger partial charge in [0.2, 0.25) is 5.95 Å². The third-order valence-electron chi connectivity index (χ3n) is 5.15. The fourth-order valence-corrected chi connectivity index (χ4v) is 3.42. The molecule has 1 aromatic heterocycles. The quantitative estimate of drug-likeness (QED) is 0.277. The Morgan fingerprint density at radius 1 is 1.23 bits per heavy atom. The van der Waals surface area contributed by atoms with Crippen LogP contribution >= 0.6 is 0 Å². The molecule has 11 nitrogen and oxygen atoms in total. The van der Waals surface area contributed by atoms with Crippen molar-refractivity contribution in [3.8, 4) is 11.1 Å². The monoisotopic (exact) mass is 489 g/mol. The average Bonchev–Trinajstić information content (AvgIpc) is 2.85. The standard InChI is InChI=1S/C23H28FN5O6/c1-2-33-20(30)7-4-12-34-27-18-8-10-29(11-9-18)22-25-13-17(14-26-22)19-6-3-5-16(21(19)24)15-35-28-23(31)32/h3,5-6,13-14,28H,2,4,7-12,15H2,1H3,(H,31,32). The van der Waals surface area contributed by atoms with Gasteiger partial charge in [0.1, 0.15) is 19.0 Å². The Morgan fingerprint density at radius 3 is 2.66 bits per heavy atom. The van der Waals surface area contributed by atoms with Gasteiger partial charge >= 0.3 is 12.1 Å². The number of ether oxygens (including phenoxy) is 1. The molecule has 0 spiro atoms. The van der Waals surface area contributed by atoms with Gasteiger partial charge in [0.25, 0.3) is 0 Å². The van der Waals surface area contributed by atoms with Gasteiger partial charge in [-0.1, -0.05) is 23.4 Å². The molecule has 0 aliphatic carbocycles. The number of hydrogen-bond donors (Lipinski definition) is 2. The number of rotatable bonds is 11. The molecular weight excluding hydrogens is 461 g/mol. The van der Waals surface area contributed by atoms with Crippen molar-refractivity contribution < 1.29 is 33.5 Å². The van der Waals surface area contributed by atoms with E-state index in [1.807, 2.05) is 4.90 Å². The molecule has 12 heteroatoms. The van der Waals surface area contributed by atoms with E-state index in [1.165, 1.54) is 6.07 Å². The van der Waals surface area contributed by atoms with Crippen LogP contribution in [0.2, 0.25) is 0 Å². The first kappa shape index (κ1) is 25.8. The smallest absolute Gasteiger partial charge is 0.428 e. The van der Waals surface area contributed by atoms with Crippen LogP contribution in [-0.2, 0) is 25.8 Å². The van der Waals surface area contributed by atoms with Gasteiger partial charge in [-0.3, -0.25) is 9.63 Å². The van der Waals surface area contributed by atoms with E-state index >= 15 is 0 Å². The number of esters is 1. The molecule has 2 aromatic rings. The van der Waals surface area contributed by atoms with Gasteiger partial charge in [0, 0.05) is 61.4 Å². The summed E-state index contributed by atoms with van der Waals surface area (Å²) < 4.78 is 19.7. The lowest BCUT2D eigenvalue weighted by Gasteiger charge is -2.27. The maximum Gasteiger partial charge on any atom is 0.428 e. The predicted molar refractivity (Wildman–Crippen MR) is 124 cm³/mol. The van der Waals surface area contributed by atoms with Crippen molar-refractivity contribution in [3.05, 3.63) is 42.0 Å². The fraction of sp³-hybridized carbons (Fsp3) is 0.435. The number of carbonyl (C=O) groups excluding carboxylic acids is 1. The Balaban J connectivity index is 1.49. The maximum atomic E-state index is 14.8. The van der Waals surface area contributed by atoms with Gasteiger partial charge in [0.15, 0.2) is 0 Å². The number of halogens is 1. The molecule has 0 saturated carbocycles. The minimum Gasteiger partial charge on any atom is -0.466 e. The molecule has 1 aliphatic rings. The van der Waals surface area contributed by atoms with Crippen LogP contribution in [-0.4, -0.2) is 59.2 Å². The first-order valence-electron chi connectivity index (χ1n) is 11.3. The Morgan fingerprint density at radius 2 is 1.97 bits per heavy atom. The lowest BCUT2D eigenvalue weighted by Crippen LogP contribution is -2.35. The lowest BCUT2D eigenvalue weighted by molar-refractivity contribution is -0.143. The first-order chi connectivity index (χ1) is 17.0. The summed E-state index contributed by atoms with van der Waals surface area (Å²) in [4.78, 5) is 42.6. The number of carbonyl (C=O) groups is 2. The molecule has 1 aromatic carbocycles. The number of oxime groups is 1. The lowest BCUT2D eigenvalue weighted by atomic mass is 10.1. The summed E-state index contributed by atoms with van der Waals surface area (Å²) >= 11 is 0. The summed E-state index contributed by atoms with van der Waals surface area (Å²) in [5.41, 5.74) is 3.66. The van der Waals surface area contributed by atoms with E-state index in [2.05, 4.69) is 15.1 Å². The second-order valence-corrected chi connectivity index (χ2v) is 7.63. The highest BCUT2D eigenvalue weighted by atomic mass is 19.1. The molecule has 0 unspecified atom stereocenters. The van der Waals surface area contributed by atoms with Gasteiger partial charge in [0.05, 0.1) is 12.3 Å². The van der Waals surface area contributed by atoms with Gasteiger partial charge in [-0.25, -0.2) is 19.2 Å². The number of carboxylic acid groups (broad SMARTS) is 1. The summed E-state index contributed by atoms with van der Waals surface area (Å²) in [5, 5.41) is 12.7. The number of benzene rings is 1. The van der Waals surface area contributed by atoms with E-state index in [4.69, 9.17) is 19.5 Å². The Bertz CT molecular complexity index is 1020. The van der Waals surface area contributed by atoms with Crippen LogP contribution in [0, 0.1) is 5.82 Å². The SMILES string of the molecule is CCOC(=O)CCCON=C1CCN(c2ncc(-c3cccc(CONC(=O)O)c3F)cn2)CC1. The van der Waals surface area contributed by atoms with Crippen molar-refractivity contribution in [1.82, 2.24) is 15.4 Å². The number of anilines is 1. The topological polar surface area (TPSA) is 135 Å². The van der Waals surface area contributed by atoms with E-state index in [0.717, 1.165) is 5.71 Å². The zero-order chi connectivity index (χ0) is 25.0. The zero-order valence-corrected chi connectivity index (χ0v) is 19.4. The first-order valence-corrected chi connectivity index (χ1v) is 11.3.